The average Bonchev–Trinajstić information content (AvgIpc) is 3.22. The van der Waals surface area contributed by atoms with Crippen molar-refractivity contribution in [2.45, 2.75) is 13.0 Å². The minimum atomic E-state index is -0.400. The number of allylic oxidation sites excluding steroid dienone is 1. The number of anilines is 1. The summed E-state index contributed by atoms with van der Waals surface area (Å²) in [6.07, 6.45) is 0. The smallest absolute Gasteiger partial charge is 0.338 e. The van der Waals surface area contributed by atoms with Gasteiger partial charge in [-0.05, 0) is 42.7 Å². The van der Waals surface area contributed by atoms with Gasteiger partial charge in [0.2, 0.25) is 0 Å². The molecular formula is C20H22N2O4S2. The molecule has 28 heavy (non-hydrogen) atoms. The molecule has 0 aliphatic carbocycles. The van der Waals surface area contributed by atoms with Crippen LogP contribution in [0.1, 0.15) is 17.8 Å². The zero-order valence-corrected chi connectivity index (χ0v) is 17.6. The van der Waals surface area contributed by atoms with Crippen LogP contribution >= 0.6 is 23.6 Å². The molecule has 2 heterocycles. The number of methoxy groups -OCH3 is 2. The third-order valence-corrected chi connectivity index (χ3v) is 5.62. The van der Waals surface area contributed by atoms with Crippen LogP contribution in [0.4, 0.5) is 5.69 Å². The van der Waals surface area contributed by atoms with Crippen LogP contribution in [-0.2, 0) is 14.3 Å². The number of carbonyl (C=O) groups excluding carboxylic acids is 1. The van der Waals surface area contributed by atoms with Crippen LogP contribution in [0.2, 0.25) is 0 Å². The molecule has 0 unspecified atom stereocenters. The first-order chi connectivity index (χ1) is 13.6. The summed E-state index contributed by atoms with van der Waals surface area (Å²) in [5.74, 6) is 0.260. The lowest BCUT2D eigenvalue weighted by Gasteiger charge is -2.37. The molecule has 1 aromatic carbocycles. The quantitative estimate of drug-likeness (QED) is 0.418. The fourth-order valence-electron chi connectivity index (χ4n) is 3.08. The van der Waals surface area contributed by atoms with E-state index in [1.165, 1.54) is 0 Å². The van der Waals surface area contributed by atoms with Crippen molar-refractivity contribution in [3.63, 3.8) is 0 Å². The van der Waals surface area contributed by atoms with Gasteiger partial charge in [-0.1, -0.05) is 18.2 Å². The van der Waals surface area contributed by atoms with E-state index < -0.39 is 5.97 Å². The number of esters is 1. The Morgan fingerprint density at radius 1 is 1.21 bits per heavy atom. The first-order valence-corrected chi connectivity index (χ1v) is 10.0. The average molecular weight is 419 g/mol. The summed E-state index contributed by atoms with van der Waals surface area (Å²) in [5, 5.41) is 5.76. The molecule has 0 saturated heterocycles. The van der Waals surface area contributed by atoms with Gasteiger partial charge >= 0.3 is 5.97 Å². The molecule has 1 N–H and O–H groups in total. The van der Waals surface area contributed by atoms with Crippen molar-refractivity contribution in [2.75, 3.05) is 32.3 Å². The van der Waals surface area contributed by atoms with E-state index in [1.807, 2.05) is 53.6 Å². The molecule has 0 saturated carbocycles. The molecule has 148 valence electrons. The molecule has 0 radical (unpaired) electrons. The maximum absolute atomic E-state index is 13.0. The summed E-state index contributed by atoms with van der Waals surface area (Å²) >= 11 is 7.20. The SMILES string of the molecule is COCCOC(=O)C1=C(C)N(c2ccccc2OC)C(=S)N[C@H]1c1cccs1. The zero-order valence-electron chi connectivity index (χ0n) is 15.9. The van der Waals surface area contributed by atoms with Gasteiger partial charge in [-0.25, -0.2) is 4.79 Å². The standard InChI is InChI=1S/C20H22N2O4S2/c1-13-17(19(23)26-11-10-24-2)18(16-9-6-12-28-16)21-20(27)22(13)14-7-4-5-8-15(14)25-3/h4-9,12,18H,10-11H2,1-3H3,(H,21,27)/t18-/m0/s1. The number of nitrogens with one attached hydrogen (secondary N) is 1. The van der Waals surface area contributed by atoms with E-state index in [0.717, 1.165) is 10.6 Å². The summed E-state index contributed by atoms with van der Waals surface area (Å²) in [7, 11) is 3.17. The lowest BCUT2D eigenvalue weighted by atomic mass is 10.00. The number of para-hydroxylation sites is 2. The summed E-state index contributed by atoms with van der Waals surface area (Å²) in [6, 6.07) is 11.1. The summed E-state index contributed by atoms with van der Waals surface area (Å²) in [6.45, 7) is 2.39. The fourth-order valence-corrected chi connectivity index (χ4v) is 4.21. The van der Waals surface area contributed by atoms with Crippen molar-refractivity contribution in [1.82, 2.24) is 5.32 Å². The highest BCUT2D eigenvalue weighted by molar-refractivity contribution is 7.80. The highest BCUT2D eigenvalue weighted by Crippen LogP contribution is 2.38. The number of rotatable bonds is 7. The maximum atomic E-state index is 13.0. The lowest BCUT2D eigenvalue weighted by molar-refractivity contribution is -0.140. The van der Waals surface area contributed by atoms with Crippen LogP contribution in [0.3, 0.4) is 0 Å². The van der Waals surface area contributed by atoms with Crippen LogP contribution in [0.5, 0.6) is 5.75 Å². The van der Waals surface area contributed by atoms with Crippen molar-refractivity contribution in [2.24, 2.45) is 0 Å². The largest absolute Gasteiger partial charge is 0.495 e. The second-order valence-corrected chi connectivity index (χ2v) is 7.40. The van der Waals surface area contributed by atoms with E-state index in [9.17, 15) is 4.79 Å². The predicted octanol–water partition coefficient (Wildman–Crippen LogP) is 3.66. The van der Waals surface area contributed by atoms with Crippen molar-refractivity contribution < 1.29 is 19.0 Å². The molecule has 1 aliphatic rings. The molecule has 8 heteroatoms. The molecule has 0 bridgehead atoms. The molecule has 3 rings (SSSR count). The fraction of sp³-hybridized carbons (Fsp3) is 0.300. The van der Waals surface area contributed by atoms with E-state index >= 15 is 0 Å². The molecule has 1 aromatic heterocycles. The van der Waals surface area contributed by atoms with E-state index in [2.05, 4.69) is 5.32 Å². The van der Waals surface area contributed by atoms with Gasteiger partial charge in [0.05, 0.1) is 31.0 Å². The van der Waals surface area contributed by atoms with Gasteiger partial charge in [0.25, 0.3) is 0 Å². The minimum Gasteiger partial charge on any atom is -0.495 e. The Morgan fingerprint density at radius 2 is 2.00 bits per heavy atom. The van der Waals surface area contributed by atoms with E-state index in [4.69, 9.17) is 26.4 Å². The first kappa shape index (κ1) is 20.3. The number of nitrogens with zero attached hydrogens (tertiary/aromatic N) is 1. The number of hydrogen-bond acceptors (Lipinski definition) is 6. The summed E-state index contributed by atoms with van der Waals surface area (Å²) in [5.41, 5.74) is 1.97. The number of thiophene rings is 1. The molecule has 2 aromatic rings. The zero-order chi connectivity index (χ0) is 20.1. The van der Waals surface area contributed by atoms with Gasteiger partial charge in [-0.2, -0.15) is 0 Å². The minimum absolute atomic E-state index is 0.183. The number of hydrogen-bond donors (Lipinski definition) is 1. The Hall–Kier alpha value is -2.42. The van der Waals surface area contributed by atoms with E-state index in [1.54, 1.807) is 25.6 Å². The second-order valence-electron chi connectivity index (χ2n) is 6.03. The van der Waals surface area contributed by atoms with Crippen LogP contribution in [0.15, 0.2) is 53.0 Å². The molecule has 6 nitrogen and oxygen atoms in total. The Labute approximate surface area is 173 Å². The highest BCUT2D eigenvalue weighted by atomic mass is 32.1. The molecule has 1 aliphatic heterocycles. The number of benzene rings is 1. The number of thiocarbonyl (C=S) groups is 1. The Bertz CT molecular complexity index is 880. The Kier molecular flexibility index (Phi) is 6.66. The molecule has 0 amide bonds. The number of carbonyl (C=O) groups is 1. The van der Waals surface area contributed by atoms with Crippen LogP contribution in [0.25, 0.3) is 0 Å². The van der Waals surface area contributed by atoms with Crippen LogP contribution < -0.4 is 15.0 Å². The van der Waals surface area contributed by atoms with E-state index in [-0.39, 0.29) is 12.6 Å². The van der Waals surface area contributed by atoms with Crippen molar-refractivity contribution >= 4 is 40.3 Å². The van der Waals surface area contributed by atoms with Gasteiger partial charge in [0.15, 0.2) is 5.11 Å². The first-order valence-electron chi connectivity index (χ1n) is 8.72. The summed E-state index contributed by atoms with van der Waals surface area (Å²) in [4.78, 5) is 15.8. The van der Waals surface area contributed by atoms with Crippen molar-refractivity contribution in [1.29, 1.82) is 0 Å². The number of ether oxygens (including phenoxy) is 3. The van der Waals surface area contributed by atoms with Crippen molar-refractivity contribution in [3.05, 3.63) is 57.9 Å². The Morgan fingerprint density at radius 3 is 2.68 bits per heavy atom. The van der Waals surface area contributed by atoms with Gasteiger partial charge in [0, 0.05) is 17.7 Å². The topological polar surface area (TPSA) is 60.0 Å². The third-order valence-electron chi connectivity index (χ3n) is 4.38. The normalized spacial score (nSPS) is 16.8. The second kappa shape index (κ2) is 9.18. The molecule has 1 atom stereocenters. The van der Waals surface area contributed by atoms with Gasteiger partial charge in [-0.15, -0.1) is 11.3 Å². The van der Waals surface area contributed by atoms with Gasteiger partial charge < -0.3 is 19.5 Å². The predicted molar refractivity (Wildman–Crippen MR) is 114 cm³/mol. The van der Waals surface area contributed by atoms with E-state index in [0.29, 0.717) is 28.7 Å². The maximum Gasteiger partial charge on any atom is 0.338 e. The highest BCUT2D eigenvalue weighted by Gasteiger charge is 2.36. The molecule has 0 fully saturated rings. The van der Waals surface area contributed by atoms with Crippen LogP contribution in [0, 0.1) is 0 Å². The molecule has 0 spiro atoms. The third kappa shape index (κ3) is 4.04. The van der Waals surface area contributed by atoms with Gasteiger partial charge in [0.1, 0.15) is 12.4 Å². The van der Waals surface area contributed by atoms with Crippen molar-refractivity contribution in [3.8, 4) is 5.75 Å². The van der Waals surface area contributed by atoms with Crippen LogP contribution in [-0.4, -0.2) is 38.5 Å². The lowest BCUT2D eigenvalue weighted by Crippen LogP contribution is -2.48. The Balaban J connectivity index is 2.07. The molecular weight excluding hydrogens is 396 g/mol. The van der Waals surface area contributed by atoms with Gasteiger partial charge in [-0.3, -0.25) is 4.90 Å². The summed E-state index contributed by atoms with van der Waals surface area (Å²) < 4.78 is 15.9. The monoisotopic (exact) mass is 418 g/mol.